The number of ether oxygens (including phenoxy) is 1. The minimum atomic E-state index is -0.833. The van der Waals surface area contributed by atoms with Crippen LogP contribution in [0.15, 0.2) is 126 Å². The van der Waals surface area contributed by atoms with E-state index in [1.54, 1.807) is 0 Å². The Kier molecular flexibility index (Phi) is 9.14. The van der Waals surface area contributed by atoms with Crippen LogP contribution in [0.25, 0.3) is 0 Å². The highest BCUT2D eigenvalue weighted by Crippen LogP contribution is 2.27. The second-order valence-corrected chi connectivity index (χ2v) is 8.79. The quantitative estimate of drug-likeness (QED) is 0.169. The topological polar surface area (TPSA) is 55.7 Å². The molecule has 186 valence electrons. The van der Waals surface area contributed by atoms with Crippen molar-refractivity contribution in [3.63, 3.8) is 0 Å². The van der Waals surface area contributed by atoms with Crippen LogP contribution in [0.3, 0.4) is 0 Å². The van der Waals surface area contributed by atoms with Gasteiger partial charge in [0.2, 0.25) is 0 Å². The maximum Gasteiger partial charge on any atom is 0.331 e. The molecule has 0 saturated carbocycles. The molecule has 0 amide bonds. The zero-order chi connectivity index (χ0) is 25.9. The highest BCUT2D eigenvalue weighted by atomic mass is 16.5. The van der Waals surface area contributed by atoms with E-state index in [9.17, 15) is 9.59 Å². The standard InChI is InChI=1S/C33H31NO3/c1-2-29(35)23-24-30(34-31(25-15-7-3-8-16-25)26-17-9-4-10-18-26)33(36)37-32(27-19-11-5-12-20-27)28-21-13-6-14-22-28/h3-22,30,32H,2,23-24H2,1H3/t30-/m0/s1. The van der Waals surface area contributed by atoms with Crippen molar-refractivity contribution in [3.8, 4) is 0 Å². The number of hydrogen-bond donors (Lipinski definition) is 0. The predicted molar refractivity (Wildman–Crippen MR) is 148 cm³/mol. The van der Waals surface area contributed by atoms with Gasteiger partial charge in [-0.2, -0.15) is 0 Å². The number of aliphatic imine (C=N–C) groups is 1. The molecule has 4 nitrogen and oxygen atoms in total. The molecule has 0 aliphatic carbocycles. The van der Waals surface area contributed by atoms with Crippen LogP contribution in [0, 0.1) is 0 Å². The predicted octanol–water partition coefficient (Wildman–Crippen LogP) is 6.98. The van der Waals surface area contributed by atoms with Gasteiger partial charge in [-0.15, -0.1) is 0 Å². The van der Waals surface area contributed by atoms with E-state index < -0.39 is 18.1 Å². The summed E-state index contributed by atoms with van der Waals surface area (Å²) in [6.07, 6.45) is 0.390. The van der Waals surface area contributed by atoms with E-state index >= 15 is 0 Å². The fraction of sp³-hybridized carbons (Fsp3) is 0.182. The van der Waals surface area contributed by atoms with Crippen LogP contribution in [0.2, 0.25) is 0 Å². The van der Waals surface area contributed by atoms with Gasteiger partial charge in [-0.3, -0.25) is 9.79 Å². The SMILES string of the molecule is CCC(=O)CC[C@H](N=C(c1ccccc1)c1ccccc1)C(=O)OC(c1ccccc1)c1ccccc1. The summed E-state index contributed by atoms with van der Waals surface area (Å²) in [7, 11) is 0. The van der Waals surface area contributed by atoms with Crippen LogP contribution in [0.4, 0.5) is 0 Å². The summed E-state index contributed by atoms with van der Waals surface area (Å²) in [4.78, 5) is 30.9. The first-order valence-corrected chi connectivity index (χ1v) is 12.7. The third-order valence-corrected chi connectivity index (χ3v) is 6.18. The van der Waals surface area contributed by atoms with Crippen LogP contribution >= 0.6 is 0 Å². The molecule has 0 saturated heterocycles. The van der Waals surface area contributed by atoms with Gasteiger partial charge in [0, 0.05) is 24.0 Å². The highest BCUT2D eigenvalue weighted by molar-refractivity contribution is 6.13. The lowest BCUT2D eigenvalue weighted by molar-refractivity contribution is -0.149. The Balaban J connectivity index is 1.72. The van der Waals surface area contributed by atoms with E-state index in [4.69, 9.17) is 9.73 Å². The number of Topliss-reactive ketones (excluding diaryl/α,β-unsaturated/α-hetero) is 1. The number of hydrogen-bond acceptors (Lipinski definition) is 4. The van der Waals surface area contributed by atoms with Gasteiger partial charge in [-0.1, -0.05) is 128 Å². The van der Waals surface area contributed by atoms with Crippen molar-refractivity contribution in [1.82, 2.24) is 0 Å². The van der Waals surface area contributed by atoms with Crippen molar-refractivity contribution in [3.05, 3.63) is 144 Å². The lowest BCUT2D eigenvalue weighted by Crippen LogP contribution is -2.27. The van der Waals surface area contributed by atoms with Gasteiger partial charge in [-0.05, 0) is 17.5 Å². The molecule has 1 atom stereocenters. The number of carbonyl (C=O) groups is 2. The molecule has 0 aromatic heterocycles. The molecule has 0 spiro atoms. The van der Waals surface area contributed by atoms with Crippen molar-refractivity contribution in [1.29, 1.82) is 0 Å². The van der Waals surface area contributed by atoms with Gasteiger partial charge in [-0.25, -0.2) is 4.79 Å². The molecular weight excluding hydrogens is 458 g/mol. The monoisotopic (exact) mass is 489 g/mol. The van der Waals surface area contributed by atoms with Gasteiger partial charge in [0.05, 0.1) is 5.71 Å². The molecule has 4 rings (SSSR count). The first-order chi connectivity index (χ1) is 18.2. The second kappa shape index (κ2) is 13.1. The maximum atomic E-state index is 13.8. The second-order valence-electron chi connectivity index (χ2n) is 8.79. The molecule has 4 heteroatoms. The molecular formula is C33H31NO3. The van der Waals surface area contributed by atoms with E-state index in [0.29, 0.717) is 12.1 Å². The molecule has 0 aliphatic heterocycles. The van der Waals surface area contributed by atoms with E-state index in [2.05, 4.69) is 0 Å². The smallest absolute Gasteiger partial charge is 0.331 e. The zero-order valence-electron chi connectivity index (χ0n) is 21.0. The number of ketones is 1. The number of benzene rings is 4. The average molecular weight is 490 g/mol. The number of nitrogens with zero attached hydrogens (tertiary/aromatic N) is 1. The zero-order valence-corrected chi connectivity index (χ0v) is 21.0. The molecule has 37 heavy (non-hydrogen) atoms. The van der Waals surface area contributed by atoms with Gasteiger partial charge >= 0.3 is 5.97 Å². The summed E-state index contributed by atoms with van der Waals surface area (Å²) in [5.41, 5.74) is 4.25. The van der Waals surface area contributed by atoms with E-state index in [1.165, 1.54) is 0 Å². The Morgan fingerprint density at radius 1 is 0.676 bits per heavy atom. The summed E-state index contributed by atoms with van der Waals surface area (Å²) in [6.45, 7) is 1.83. The van der Waals surface area contributed by atoms with Crippen LogP contribution in [-0.2, 0) is 14.3 Å². The largest absolute Gasteiger partial charge is 0.451 e. The average Bonchev–Trinajstić information content (AvgIpc) is 2.97. The Hall–Kier alpha value is -4.31. The summed E-state index contributed by atoms with van der Waals surface area (Å²) in [5, 5.41) is 0. The molecule has 0 bridgehead atoms. The molecule has 0 unspecified atom stereocenters. The number of rotatable bonds is 11. The highest BCUT2D eigenvalue weighted by Gasteiger charge is 2.27. The molecule has 4 aromatic carbocycles. The first-order valence-electron chi connectivity index (χ1n) is 12.7. The molecule has 0 radical (unpaired) electrons. The van der Waals surface area contributed by atoms with Crippen molar-refractivity contribution < 1.29 is 14.3 Å². The third-order valence-electron chi connectivity index (χ3n) is 6.18. The Bertz CT molecular complexity index is 1220. The van der Waals surface area contributed by atoms with Crippen molar-refractivity contribution in [2.45, 2.75) is 38.3 Å². The van der Waals surface area contributed by atoms with Gasteiger partial charge in [0.15, 0.2) is 6.10 Å². The molecule has 0 aliphatic rings. The van der Waals surface area contributed by atoms with Gasteiger partial charge in [0.1, 0.15) is 11.8 Å². The van der Waals surface area contributed by atoms with Crippen LogP contribution < -0.4 is 0 Å². The van der Waals surface area contributed by atoms with E-state index in [1.807, 2.05) is 128 Å². The summed E-state index contributed by atoms with van der Waals surface area (Å²) < 4.78 is 6.17. The van der Waals surface area contributed by atoms with Crippen molar-refractivity contribution >= 4 is 17.5 Å². The third kappa shape index (κ3) is 7.11. The van der Waals surface area contributed by atoms with Crippen LogP contribution in [-0.4, -0.2) is 23.5 Å². The summed E-state index contributed by atoms with van der Waals surface area (Å²) in [5.74, 6) is -0.359. The maximum absolute atomic E-state index is 13.8. The van der Waals surface area contributed by atoms with E-state index in [-0.39, 0.29) is 18.6 Å². The fourth-order valence-electron chi connectivity index (χ4n) is 4.15. The molecule has 4 aromatic rings. The molecule has 0 N–H and O–H groups in total. The number of carbonyl (C=O) groups excluding carboxylic acids is 2. The molecule has 0 fully saturated rings. The Labute approximate surface area is 218 Å². The summed E-state index contributed by atoms with van der Waals surface area (Å²) >= 11 is 0. The van der Waals surface area contributed by atoms with Crippen molar-refractivity contribution in [2.75, 3.05) is 0 Å². The normalized spacial score (nSPS) is 11.5. The fourth-order valence-corrected chi connectivity index (χ4v) is 4.15. The van der Waals surface area contributed by atoms with Gasteiger partial charge < -0.3 is 4.74 Å². The Morgan fingerprint density at radius 3 is 1.54 bits per heavy atom. The van der Waals surface area contributed by atoms with E-state index in [0.717, 1.165) is 22.3 Å². The molecule has 0 heterocycles. The lowest BCUT2D eigenvalue weighted by Gasteiger charge is -2.22. The number of esters is 1. The minimum Gasteiger partial charge on any atom is -0.451 e. The summed E-state index contributed by atoms with van der Waals surface area (Å²) in [6, 6.07) is 38.1. The van der Waals surface area contributed by atoms with Crippen LogP contribution in [0.5, 0.6) is 0 Å². The lowest BCUT2D eigenvalue weighted by atomic mass is 10.00. The van der Waals surface area contributed by atoms with Crippen molar-refractivity contribution in [2.24, 2.45) is 4.99 Å². The van der Waals surface area contributed by atoms with Gasteiger partial charge in [0.25, 0.3) is 0 Å². The van der Waals surface area contributed by atoms with Crippen LogP contribution in [0.1, 0.15) is 54.5 Å². The first kappa shape index (κ1) is 25.8. The minimum absolute atomic E-state index is 0.0941. The Morgan fingerprint density at radius 2 is 1.11 bits per heavy atom.